The second kappa shape index (κ2) is 3.37. The molecule has 1 aromatic heterocycles. The van der Waals surface area contributed by atoms with Gasteiger partial charge in [-0.25, -0.2) is 0 Å². The molecule has 0 unspecified atom stereocenters. The Bertz CT molecular complexity index is 421. The highest BCUT2D eigenvalue weighted by Gasteiger charge is 2.01. The lowest BCUT2D eigenvalue weighted by molar-refractivity contribution is 0.593. The average Bonchev–Trinajstić information content (AvgIpc) is 2.56. The van der Waals surface area contributed by atoms with Gasteiger partial charge in [-0.3, -0.25) is 0 Å². The number of nitrogens with two attached hydrogens (primary N) is 1. The van der Waals surface area contributed by atoms with Gasteiger partial charge >= 0.3 is 12.0 Å². The van der Waals surface area contributed by atoms with Crippen LogP contribution in [-0.4, -0.2) is 10.2 Å². The van der Waals surface area contributed by atoms with E-state index in [1.54, 1.807) is 0 Å². The highest BCUT2D eigenvalue weighted by molar-refractivity contribution is 5.52. The first-order valence-electron chi connectivity index (χ1n) is 4.17. The Labute approximate surface area is 80.9 Å². The molecule has 0 bridgehead atoms. The first kappa shape index (κ1) is 8.55. The fraction of sp³-hybridized carbons (Fsp3) is 0.111. The number of rotatable bonds is 2. The average molecular weight is 190 g/mol. The topological polar surface area (TPSA) is 77.0 Å². The maximum absolute atomic E-state index is 5.28. The number of aromatic nitrogens is 2. The molecule has 0 saturated carbocycles. The third-order valence-corrected chi connectivity index (χ3v) is 1.74. The minimum absolute atomic E-state index is 0.0552. The first-order valence-corrected chi connectivity index (χ1v) is 4.17. The molecule has 14 heavy (non-hydrogen) atoms. The van der Waals surface area contributed by atoms with E-state index in [0.29, 0.717) is 6.01 Å². The fourth-order valence-corrected chi connectivity index (χ4v) is 1.05. The van der Waals surface area contributed by atoms with Crippen molar-refractivity contribution in [3.8, 4) is 0 Å². The zero-order valence-corrected chi connectivity index (χ0v) is 7.69. The van der Waals surface area contributed by atoms with E-state index in [1.165, 1.54) is 5.56 Å². The lowest BCUT2D eigenvalue weighted by atomic mass is 10.2. The Kier molecular flexibility index (Phi) is 2.06. The van der Waals surface area contributed by atoms with Gasteiger partial charge in [0, 0.05) is 5.69 Å². The van der Waals surface area contributed by atoms with Gasteiger partial charge in [0.05, 0.1) is 0 Å². The highest BCUT2D eigenvalue weighted by Crippen LogP contribution is 2.15. The van der Waals surface area contributed by atoms with E-state index in [0.717, 1.165) is 5.69 Å². The summed E-state index contributed by atoms with van der Waals surface area (Å²) in [6, 6.07) is 8.18. The van der Waals surface area contributed by atoms with Crippen LogP contribution in [0.25, 0.3) is 0 Å². The van der Waals surface area contributed by atoms with Gasteiger partial charge in [-0.2, -0.15) is 0 Å². The number of benzene rings is 1. The van der Waals surface area contributed by atoms with Gasteiger partial charge in [-0.15, -0.1) is 0 Å². The third kappa shape index (κ3) is 1.82. The monoisotopic (exact) mass is 190 g/mol. The lowest BCUT2D eigenvalue weighted by Crippen LogP contribution is -1.89. The van der Waals surface area contributed by atoms with Crippen molar-refractivity contribution in [1.82, 2.24) is 10.2 Å². The van der Waals surface area contributed by atoms with Gasteiger partial charge in [0.1, 0.15) is 0 Å². The maximum Gasteiger partial charge on any atom is 0.321 e. The molecule has 5 heteroatoms. The molecule has 0 amide bonds. The molecule has 0 aliphatic heterocycles. The lowest BCUT2D eigenvalue weighted by Gasteiger charge is -2.00. The number of hydrogen-bond donors (Lipinski definition) is 2. The first-order chi connectivity index (χ1) is 6.74. The Balaban J connectivity index is 2.15. The highest BCUT2D eigenvalue weighted by atomic mass is 16.4. The van der Waals surface area contributed by atoms with Crippen LogP contribution in [0.4, 0.5) is 17.7 Å². The van der Waals surface area contributed by atoms with Crippen molar-refractivity contribution in [3.05, 3.63) is 29.8 Å². The predicted molar refractivity (Wildman–Crippen MR) is 53.2 cm³/mol. The van der Waals surface area contributed by atoms with Crippen molar-refractivity contribution in [2.75, 3.05) is 11.1 Å². The molecule has 0 aliphatic carbocycles. The van der Waals surface area contributed by atoms with Gasteiger partial charge in [-0.1, -0.05) is 27.9 Å². The molecule has 1 aromatic carbocycles. The van der Waals surface area contributed by atoms with Crippen molar-refractivity contribution >= 4 is 17.7 Å². The van der Waals surface area contributed by atoms with Crippen molar-refractivity contribution in [2.24, 2.45) is 0 Å². The van der Waals surface area contributed by atoms with Crippen molar-refractivity contribution in [1.29, 1.82) is 0 Å². The quantitative estimate of drug-likeness (QED) is 0.753. The van der Waals surface area contributed by atoms with E-state index in [4.69, 9.17) is 10.2 Å². The smallest absolute Gasteiger partial charge is 0.321 e. The van der Waals surface area contributed by atoms with Crippen LogP contribution in [0.5, 0.6) is 0 Å². The van der Waals surface area contributed by atoms with Gasteiger partial charge in [0.2, 0.25) is 0 Å². The second-order valence-corrected chi connectivity index (χ2v) is 2.94. The van der Waals surface area contributed by atoms with E-state index in [-0.39, 0.29) is 6.01 Å². The standard InChI is InChI=1S/C9H10N4O/c1-6-2-4-7(5-3-6)11-9-13-12-8(10)14-9/h2-5H,1H3,(H2,10,12)(H,11,13). The van der Waals surface area contributed by atoms with Crippen molar-refractivity contribution in [3.63, 3.8) is 0 Å². The number of aryl methyl sites for hydroxylation is 1. The van der Waals surface area contributed by atoms with Gasteiger partial charge < -0.3 is 15.5 Å². The molecule has 2 aromatic rings. The van der Waals surface area contributed by atoms with E-state index in [1.807, 2.05) is 31.2 Å². The Morgan fingerprint density at radius 3 is 2.50 bits per heavy atom. The SMILES string of the molecule is Cc1ccc(Nc2nnc(N)o2)cc1. The van der Waals surface area contributed by atoms with E-state index >= 15 is 0 Å². The van der Waals surface area contributed by atoms with Crippen LogP contribution >= 0.6 is 0 Å². The summed E-state index contributed by atoms with van der Waals surface area (Å²) >= 11 is 0. The van der Waals surface area contributed by atoms with Crippen molar-refractivity contribution in [2.45, 2.75) is 6.92 Å². The summed E-state index contributed by atoms with van der Waals surface area (Å²) in [6.45, 7) is 2.02. The van der Waals surface area contributed by atoms with E-state index in [9.17, 15) is 0 Å². The van der Waals surface area contributed by atoms with Crippen LogP contribution in [-0.2, 0) is 0 Å². The molecule has 3 N–H and O–H groups in total. The summed E-state index contributed by atoms with van der Waals surface area (Å²) in [5, 5.41) is 10.1. The molecule has 0 atom stereocenters. The Morgan fingerprint density at radius 2 is 1.93 bits per heavy atom. The summed E-state index contributed by atoms with van der Waals surface area (Å²) in [4.78, 5) is 0. The van der Waals surface area contributed by atoms with Crippen LogP contribution in [0.15, 0.2) is 28.7 Å². The molecule has 1 heterocycles. The van der Waals surface area contributed by atoms with Crippen LogP contribution in [0.3, 0.4) is 0 Å². The molecule has 0 fully saturated rings. The van der Waals surface area contributed by atoms with E-state index in [2.05, 4.69) is 15.5 Å². The molecule has 0 aliphatic rings. The number of hydrogen-bond acceptors (Lipinski definition) is 5. The summed E-state index contributed by atoms with van der Waals surface area (Å²) in [6.07, 6.45) is 0. The number of nitrogens with one attached hydrogen (secondary N) is 1. The number of anilines is 3. The summed E-state index contributed by atoms with van der Waals surface area (Å²) in [7, 11) is 0. The summed E-state index contributed by atoms with van der Waals surface area (Å²) in [5.41, 5.74) is 7.36. The molecule has 72 valence electrons. The van der Waals surface area contributed by atoms with Gasteiger partial charge in [-0.05, 0) is 19.1 Å². The molecular formula is C9H10N4O. The summed E-state index contributed by atoms with van der Waals surface area (Å²) < 4.78 is 4.96. The van der Waals surface area contributed by atoms with Crippen molar-refractivity contribution < 1.29 is 4.42 Å². The zero-order valence-electron chi connectivity index (χ0n) is 7.69. The summed E-state index contributed by atoms with van der Waals surface area (Å²) in [5.74, 6) is 0. The maximum atomic E-state index is 5.28. The third-order valence-electron chi connectivity index (χ3n) is 1.74. The Hall–Kier alpha value is -2.04. The van der Waals surface area contributed by atoms with Crippen LogP contribution in [0.2, 0.25) is 0 Å². The fourth-order valence-electron chi connectivity index (χ4n) is 1.05. The normalized spacial score (nSPS) is 10.1. The number of nitrogen functional groups attached to an aromatic ring is 1. The van der Waals surface area contributed by atoms with E-state index < -0.39 is 0 Å². The largest absolute Gasteiger partial charge is 0.389 e. The van der Waals surface area contributed by atoms with Crippen LogP contribution < -0.4 is 11.1 Å². The molecule has 0 radical (unpaired) electrons. The zero-order chi connectivity index (χ0) is 9.97. The molecule has 0 spiro atoms. The molecule has 5 nitrogen and oxygen atoms in total. The van der Waals surface area contributed by atoms with Gasteiger partial charge in [0.15, 0.2) is 0 Å². The Morgan fingerprint density at radius 1 is 1.21 bits per heavy atom. The van der Waals surface area contributed by atoms with Crippen LogP contribution in [0, 0.1) is 6.92 Å². The van der Waals surface area contributed by atoms with Gasteiger partial charge in [0.25, 0.3) is 0 Å². The second-order valence-electron chi connectivity index (χ2n) is 2.94. The van der Waals surface area contributed by atoms with Crippen LogP contribution in [0.1, 0.15) is 5.56 Å². The minimum atomic E-state index is 0.0552. The number of nitrogens with zero attached hydrogens (tertiary/aromatic N) is 2. The molecule has 2 rings (SSSR count). The molecule has 0 saturated heterocycles. The minimum Gasteiger partial charge on any atom is -0.389 e. The molecular weight excluding hydrogens is 180 g/mol. The predicted octanol–water partition coefficient (Wildman–Crippen LogP) is 1.70.